The molecular weight excluding hydrogens is 463 g/mol. The van der Waals surface area contributed by atoms with E-state index < -0.39 is 0 Å². The molecule has 5 rings (SSSR count). The number of piperidine rings is 1. The summed E-state index contributed by atoms with van der Waals surface area (Å²) >= 11 is 1.19. The summed E-state index contributed by atoms with van der Waals surface area (Å²) in [5.74, 6) is 1.57. The maximum absolute atomic E-state index is 13.7. The van der Waals surface area contributed by atoms with E-state index in [0.717, 1.165) is 55.2 Å². The second-order valence-corrected chi connectivity index (χ2v) is 11.7. The molecule has 0 saturated carbocycles. The van der Waals surface area contributed by atoms with Crippen LogP contribution in [0.15, 0.2) is 12.1 Å². The molecule has 5 heterocycles. The van der Waals surface area contributed by atoms with Gasteiger partial charge in [-0.3, -0.25) is 9.69 Å². The van der Waals surface area contributed by atoms with Crippen LogP contribution in [0.4, 0.5) is 4.39 Å². The van der Waals surface area contributed by atoms with Crippen molar-refractivity contribution in [1.29, 1.82) is 0 Å². The molecule has 3 aliphatic heterocycles. The summed E-state index contributed by atoms with van der Waals surface area (Å²) in [4.78, 5) is 34.6. The van der Waals surface area contributed by atoms with Gasteiger partial charge in [-0.2, -0.15) is 4.39 Å². The summed E-state index contributed by atoms with van der Waals surface area (Å²) in [6.45, 7) is 8.07. The minimum absolute atomic E-state index is 0.107. The van der Waals surface area contributed by atoms with Gasteiger partial charge in [-0.25, -0.2) is 4.98 Å². The molecule has 190 valence electrons. The molecule has 6 nitrogen and oxygen atoms in total. The minimum Gasteiger partial charge on any atom is -0.336 e. The number of halogens is 1. The summed E-state index contributed by atoms with van der Waals surface area (Å²) in [5, 5.41) is -0.171. The predicted molar refractivity (Wildman–Crippen MR) is 135 cm³/mol. The number of amides is 1. The lowest BCUT2D eigenvalue weighted by Gasteiger charge is -2.41. The molecule has 0 spiro atoms. The number of nitrogens with zero attached hydrogens (tertiary/aromatic N) is 4. The number of rotatable bonds is 8. The van der Waals surface area contributed by atoms with Gasteiger partial charge in [0.1, 0.15) is 11.6 Å². The Kier molecular flexibility index (Phi) is 7.13. The smallest absolute Gasteiger partial charge is 0.222 e. The van der Waals surface area contributed by atoms with Crippen LogP contribution < -0.4 is 0 Å². The van der Waals surface area contributed by atoms with Crippen molar-refractivity contribution < 1.29 is 14.0 Å². The number of ketones is 1. The van der Waals surface area contributed by atoms with Crippen molar-refractivity contribution in [3.8, 4) is 0 Å². The SMILES string of the molecule is CCC(=O)N1CCc2c(nc(C)n2C2CC3CCC(C2)N3CC[C@H](CC(C)=O)c2ccc(F)s2)C1. The molecule has 2 fully saturated rings. The first kappa shape index (κ1) is 24.6. The molecule has 2 saturated heterocycles. The highest BCUT2D eigenvalue weighted by atomic mass is 32.1. The van der Waals surface area contributed by atoms with Crippen LogP contribution in [0.5, 0.6) is 0 Å². The van der Waals surface area contributed by atoms with E-state index in [1.54, 1.807) is 6.92 Å². The van der Waals surface area contributed by atoms with Crippen LogP contribution in [0.2, 0.25) is 0 Å². The topological polar surface area (TPSA) is 58.4 Å². The lowest BCUT2D eigenvalue weighted by molar-refractivity contribution is -0.131. The van der Waals surface area contributed by atoms with Crippen LogP contribution >= 0.6 is 11.3 Å². The molecule has 2 bridgehead atoms. The van der Waals surface area contributed by atoms with E-state index in [4.69, 9.17) is 4.98 Å². The highest BCUT2D eigenvalue weighted by molar-refractivity contribution is 7.10. The first-order valence-corrected chi connectivity index (χ1v) is 14.0. The van der Waals surface area contributed by atoms with Crippen LogP contribution in [0.25, 0.3) is 0 Å². The monoisotopic (exact) mass is 500 g/mol. The molecule has 3 atom stereocenters. The number of aromatic nitrogens is 2. The Morgan fingerprint density at radius 1 is 1.20 bits per heavy atom. The summed E-state index contributed by atoms with van der Waals surface area (Å²) < 4.78 is 16.2. The van der Waals surface area contributed by atoms with Crippen molar-refractivity contribution in [3.05, 3.63) is 39.4 Å². The molecule has 2 aromatic rings. The molecule has 0 aromatic carbocycles. The lowest BCUT2D eigenvalue weighted by atomic mass is 9.93. The fourth-order valence-electron chi connectivity index (χ4n) is 6.83. The van der Waals surface area contributed by atoms with E-state index in [-0.39, 0.29) is 22.7 Å². The van der Waals surface area contributed by atoms with Crippen LogP contribution in [0.3, 0.4) is 0 Å². The normalized spacial score (nSPS) is 25.0. The third-order valence-electron chi connectivity index (χ3n) is 8.37. The number of aryl methyl sites for hydroxylation is 1. The first-order chi connectivity index (χ1) is 16.8. The van der Waals surface area contributed by atoms with Gasteiger partial charge in [0.05, 0.1) is 12.2 Å². The molecular formula is C27H37FN4O2S. The Balaban J connectivity index is 1.26. The van der Waals surface area contributed by atoms with Gasteiger partial charge >= 0.3 is 0 Å². The molecule has 1 amide bonds. The van der Waals surface area contributed by atoms with Gasteiger partial charge in [-0.1, -0.05) is 6.92 Å². The fraction of sp³-hybridized carbons (Fsp3) is 0.667. The summed E-state index contributed by atoms with van der Waals surface area (Å²) in [6.07, 6.45) is 7.53. The van der Waals surface area contributed by atoms with E-state index in [1.807, 2.05) is 17.9 Å². The number of hydrogen-bond acceptors (Lipinski definition) is 5. The van der Waals surface area contributed by atoms with Gasteiger partial charge in [0, 0.05) is 60.4 Å². The molecule has 3 aliphatic rings. The second kappa shape index (κ2) is 10.1. The maximum Gasteiger partial charge on any atom is 0.222 e. The van der Waals surface area contributed by atoms with Crippen molar-refractivity contribution in [2.45, 2.75) is 103 Å². The molecule has 2 unspecified atom stereocenters. The third-order valence-corrected chi connectivity index (χ3v) is 9.41. The largest absolute Gasteiger partial charge is 0.336 e. The van der Waals surface area contributed by atoms with Crippen molar-refractivity contribution >= 4 is 23.0 Å². The molecule has 2 aromatic heterocycles. The molecule has 0 radical (unpaired) electrons. The Bertz CT molecular complexity index is 1080. The second-order valence-electron chi connectivity index (χ2n) is 10.6. The predicted octanol–water partition coefficient (Wildman–Crippen LogP) is 5.01. The van der Waals surface area contributed by atoms with Crippen LogP contribution in [0, 0.1) is 12.1 Å². The van der Waals surface area contributed by atoms with Gasteiger partial charge in [-0.05, 0) is 64.6 Å². The molecule has 0 N–H and O–H groups in total. The molecule has 8 heteroatoms. The number of thiophene rings is 1. The van der Waals surface area contributed by atoms with Gasteiger partial charge in [0.2, 0.25) is 5.91 Å². The van der Waals surface area contributed by atoms with E-state index in [1.165, 1.54) is 35.9 Å². The third kappa shape index (κ3) is 4.96. The standard InChI is InChI=1S/C27H37FN4O2S/c1-4-27(34)30-11-10-24-23(16-30)29-18(3)32(24)22-14-20-5-6-21(15-22)31(20)12-9-19(13-17(2)33)25-7-8-26(28)35-25/h7-8,19-22H,4-6,9-16H2,1-3H3/t19-,20?,21?,22?/m1/s1. The van der Waals surface area contributed by atoms with E-state index >= 15 is 0 Å². The lowest BCUT2D eigenvalue weighted by Crippen LogP contribution is -2.44. The number of carbonyl (C=O) groups excluding carboxylic acids is 2. The van der Waals surface area contributed by atoms with Gasteiger partial charge in [0.25, 0.3) is 0 Å². The summed E-state index contributed by atoms with van der Waals surface area (Å²) in [6, 6.07) is 4.95. The van der Waals surface area contributed by atoms with Crippen molar-refractivity contribution in [3.63, 3.8) is 0 Å². The Morgan fingerprint density at radius 3 is 2.57 bits per heavy atom. The molecule has 0 aliphatic carbocycles. The van der Waals surface area contributed by atoms with Crippen LogP contribution in [-0.4, -0.2) is 56.2 Å². The summed E-state index contributed by atoms with van der Waals surface area (Å²) in [7, 11) is 0. The number of hydrogen-bond donors (Lipinski definition) is 0. The zero-order chi connectivity index (χ0) is 24.7. The van der Waals surface area contributed by atoms with E-state index in [2.05, 4.69) is 16.4 Å². The average Bonchev–Trinajstić information content (AvgIpc) is 3.47. The van der Waals surface area contributed by atoms with Crippen LogP contribution in [0.1, 0.15) is 92.8 Å². The first-order valence-electron chi connectivity index (χ1n) is 13.2. The van der Waals surface area contributed by atoms with Crippen molar-refractivity contribution in [2.75, 3.05) is 13.1 Å². The van der Waals surface area contributed by atoms with Gasteiger partial charge < -0.3 is 14.3 Å². The maximum atomic E-state index is 13.7. The Hall–Kier alpha value is -2.06. The van der Waals surface area contributed by atoms with Crippen molar-refractivity contribution in [1.82, 2.24) is 19.4 Å². The van der Waals surface area contributed by atoms with Gasteiger partial charge in [0.15, 0.2) is 5.13 Å². The van der Waals surface area contributed by atoms with Crippen LogP contribution in [-0.2, 0) is 22.6 Å². The number of carbonyl (C=O) groups is 2. The van der Waals surface area contributed by atoms with E-state index in [9.17, 15) is 14.0 Å². The van der Waals surface area contributed by atoms with Crippen molar-refractivity contribution in [2.24, 2.45) is 0 Å². The minimum atomic E-state index is -0.171. The van der Waals surface area contributed by atoms with Gasteiger partial charge in [-0.15, -0.1) is 11.3 Å². The quantitative estimate of drug-likeness (QED) is 0.511. The summed E-state index contributed by atoms with van der Waals surface area (Å²) in [5.41, 5.74) is 2.42. The average molecular weight is 501 g/mol. The number of imidazole rings is 1. The Labute approximate surface area is 211 Å². The number of Topliss-reactive ketones (excluding diaryl/α,β-unsaturated/α-hetero) is 1. The van der Waals surface area contributed by atoms with E-state index in [0.29, 0.717) is 37.5 Å². The zero-order valence-electron chi connectivity index (χ0n) is 21.1. The number of fused-ring (bicyclic) bond motifs is 3. The highest BCUT2D eigenvalue weighted by Crippen LogP contribution is 2.43. The zero-order valence-corrected chi connectivity index (χ0v) is 22.0. The molecule has 35 heavy (non-hydrogen) atoms. The Morgan fingerprint density at radius 2 is 1.94 bits per heavy atom. The highest BCUT2D eigenvalue weighted by Gasteiger charge is 2.42. The fourth-order valence-corrected chi connectivity index (χ4v) is 7.69.